The molecule has 118 valence electrons. The van der Waals surface area contributed by atoms with Gasteiger partial charge in [-0.3, -0.25) is 10.2 Å². The quantitative estimate of drug-likeness (QED) is 0.328. The molecule has 6 N–H and O–H groups in total. The highest BCUT2D eigenvalue weighted by atomic mass is 32.1. The van der Waals surface area contributed by atoms with Crippen LogP contribution < -0.4 is 22.3 Å². The number of nitrogens with one attached hydrogen (secondary N) is 2. The normalized spacial score (nSPS) is 10.5. The molecule has 0 aliphatic heterocycles. The van der Waals surface area contributed by atoms with Crippen molar-refractivity contribution < 1.29 is 4.79 Å². The Balaban J connectivity index is 1.83. The molecule has 0 saturated heterocycles. The summed E-state index contributed by atoms with van der Waals surface area (Å²) < 4.78 is 0. The van der Waals surface area contributed by atoms with Crippen LogP contribution in [0.3, 0.4) is 0 Å². The summed E-state index contributed by atoms with van der Waals surface area (Å²) >= 11 is 1.60. The third-order valence-corrected chi connectivity index (χ3v) is 4.04. The summed E-state index contributed by atoms with van der Waals surface area (Å²) in [5, 5.41) is 6.17. The van der Waals surface area contributed by atoms with Crippen molar-refractivity contribution in [3.05, 3.63) is 46.5 Å². The lowest BCUT2D eigenvalue weighted by Gasteiger charge is -2.03. The van der Waals surface area contributed by atoms with Crippen molar-refractivity contribution in [3.63, 3.8) is 0 Å². The van der Waals surface area contributed by atoms with Gasteiger partial charge in [0.25, 0.3) is 0 Å². The van der Waals surface area contributed by atoms with E-state index in [1.54, 1.807) is 11.3 Å². The number of nitrogens with zero attached hydrogens (tertiary/aromatic N) is 1. The van der Waals surface area contributed by atoms with E-state index >= 15 is 0 Å². The Morgan fingerprint density at radius 3 is 2.59 bits per heavy atom. The number of thiazole rings is 1. The smallest absolute Gasteiger partial charge is 0.238 e. The maximum absolute atomic E-state index is 11.2. The zero-order valence-corrected chi connectivity index (χ0v) is 13.2. The molecular weight excluding hydrogens is 298 g/mol. The average molecular weight is 319 g/mol. The molecule has 6 nitrogen and oxygen atoms in total. The molecule has 0 bridgehead atoms. The molecule has 1 amide bonds. The van der Waals surface area contributed by atoms with Crippen molar-refractivity contribution in [1.82, 2.24) is 10.4 Å². The van der Waals surface area contributed by atoms with Crippen LogP contribution in [0.5, 0.6) is 0 Å². The molecule has 22 heavy (non-hydrogen) atoms. The van der Waals surface area contributed by atoms with E-state index < -0.39 is 0 Å². The number of amides is 1. The van der Waals surface area contributed by atoms with Crippen molar-refractivity contribution in [1.29, 1.82) is 0 Å². The van der Waals surface area contributed by atoms with Gasteiger partial charge in [-0.25, -0.2) is 10.8 Å². The van der Waals surface area contributed by atoms with Gasteiger partial charge in [0.2, 0.25) is 5.91 Å². The SMILES string of the molecule is NCCNc1nc(CCc2ccc(CC(=O)NN)cc2)cs1. The number of hydrazine groups is 1. The molecule has 2 aromatic rings. The topological polar surface area (TPSA) is 106 Å². The molecule has 1 aromatic carbocycles. The van der Waals surface area contributed by atoms with Crippen molar-refractivity contribution in [2.75, 3.05) is 18.4 Å². The molecule has 0 saturated carbocycles. The fourth-order valence-electron chi connectivity index (χ4n) is 2.01. The van der Waals surface area contributed by atoms with Gasteiger partial charge in [0.05, 0.1) is 12.1 Å². The maximum atomic E-state index is 11.2. The Kier molecular flexibility index (Phi) is 6.32. The second-order valence-electron chi connectivity index (χ2n) is 4.92. The molecule has 0 aliphatic rings. The van der Waals surface area contributed by atoms with Crippen LogP contribution in [-0.4, -0.2) is 24.0 Å². The highest BCUT2D eigenvalue weighted by molar-refractivity contribution is 7.13. The Morgan fingerprint density at radius 2 is 1.91 bits per heavy atom. The lowest BCUT2D eigenvalue weighted by molar-refractivity contribution is -0.120. The van der Waals surface area contributed by atoms with E-state index in [0.29, 0.717) is 13.0 Å². The fourth-order valence-corrected chi connectivity index (χ4v) is 2.79. The zero-order chi connectivity index (χ0) is 15.8. The Bertz CT molecular complexity index is 596. The number of hydrogen-bond acceptors (Lipinski definition) is 6. The number of carbonyl (C=O) groups is 1. The number of aromatic nitrogens is 1. The van der Waals surface area contributed by atoms with Crippen LogP contribution in [0, 0.1) is 0 Å². The van der Waals surface area contributed by atoms with Crippen LogP contribution in [0.1, 0.15) is 16.8 Å². The third-order valence-electron chi connectivity index (χ3n) is 3.19. The van der Waals surface area contributed by atoms with E-state index in [1.807, 2.05) is 24.3 Å². The first kappa shape index (κ1) is 16.4. The predicted molar refractivity (Wildman–Crippen MR) is 89.5 cm³/mol. The zero-order valence-electron chi connectivity index (χ0n) is 12.3. The summed E-state index contributed by atoms with van der Waals surface area (Å²) in [6.45, 7) is 1.34. The summed E-state index contributed by atoms with van der Waals surface area (Å²) in [5.41, 5.74) is 10.8. The molecule has 2 rings (SSSR count). The van der Waals surface area contributed by atoms with Crippen molar-refractivity contribution in [2.45, 2.75) is 19.3 Å². The number of nitrogens with two attached hydrogens (primary N) is 2. The van der Waals surface area contributed by atoms with E-state index in [0.717, 1.165) is 35.8 Å². The monoisotopic (exact) mass is 319 g/mol. The molecule has 1 heterocycles. The van der Waals surface area contributed by atoms with Gasteiger partial charge < -0.3 is 11.1 Å². The number of benzene rings is 1. The minimum Gasteiger partial charge on any atom is -0.360 e. The standard InChI is InChI=1S/C15H21N5OS/c16-7-8-18-15-19-13(10-22-15)6-5-11-1-3-12(4-2-11)9-14(21)20-17/h1-4,10H,5-9,16-17H2,(H,18,19)(H,20,21). The van der Waals surface area contributed by atoms with E-state index in [4.69, 9.17) is 11.6 Å². The largest absolute Gasteiger partial charge is 0.360 e. The van der Waals surface area contributed by atoms with Crippen LogP contribution in [-0.2, 0) is 24.1 Å². The third kappa shape index (κ3) is 5.10. The predicted octanol–water partition coefficient (Wildman–Crippen LogP) is 0.831. The summed E-state index contributed by atoms with van der Waals surface area (Å²) in [6.07, 6.45) is 2.12. The number of hydrogen-bond donors (Lipinski definition) is 4. The summed E-state index contributed by atoms with van der Waals surface area (Å²) in [5.74, 6) is 4.89. The summed E-state index contributed by atoms with van der Waals surface area (Å²) in [7, 11) is 0. The number of carbonyl (C=O) groups excluding carboxylic acids is 1. The maximum Gasteiger partial charge on any atom is 0.238 e. The molecule has 7 heteroatoms. The van der Waals surface area contributed by atoms with Crippen LogP contribution in [0.25, 0.3) is 0 Å². The number of rotatable bonds is 8. The average Bonchev–Trinajstić information content (AvgIpc) is 3.00. The van der Waals surface area contributed by atoms with Crippen molar-refractivity contribution >= 4 is 22.4 Å². The Morgan fingerprint density at radius 1 is 1.18 bits per heavy atom. The van der Waals surface area contributed by atoms with E-state index in [9.17, 15) is 4.79 Å². The molecule has 1 aromatic heterocycles. The minimum atomic E-state index is -0.187. The second-order valence-corrected chi connectivity index (χ2v) is 5.78. The molecular formula is C15H21N5OS. The van der Waals surface area contributed by atoms with Gasteiger partial charge in [-0.1, -0.05) is 24.3 Å². The van der Waals surface area contributed by atoms with Gasteiger partial charge in [-0.05, 0) is 24.0 Å². The highest BCUT2D eigenvalue weighted by Gasteiger charge is 2.04. The lowest BCUT2D eigenvalue weighted by atomic mass is 10.0. The second kappa shape index (κ2) is 8.47. The first-order valence-corrected chi connectivity index (χ1v) is 8.05. The molecule has 0 atom stereocenters. The van der Waals surface area contributed by atoms with Gasteiger partial charge in [-0.2, -0.15) is 0 Å². The Labute approximate surface area is 133 Å². The first-order chi connectivity index (χ1) is 10.7. The van der Waals surface area contributed by atoms with Gasteiger partial charge in [0, 0.05) is 18.5 Å². The van der Waals surface area contributed by atoms with Gasteiger partial charge in [-0.15, -0.1) is 11.3 Å². The van der Waals surface area contributed by atoms with Crippen molar-refractivity contribution in [3.8, 4) is 0 Å². The van der Waals surface area contributed by atoms with Crippen molar-refractivity contribution in [2.24, 2.45) is 11.6 Å². The molecule has 0 spiro atoms. The van der Waals surface area contributed by atoms with Gasteiger partial charge in [0.15, 0.2) is 5.13 Å². The molecule has 0 unspecified atom stereocenters. The minimum absolute atomic E-state index is 0.187. The van der Waals surface area contributed by atoms with E-state index in [-0.39, 0.29) is 5.91 Å². The fraction of sp³-hybridized carbons (Fsp3) is 0.333. The molecule has 0 fully saturated rings. The highest BCUT2D eigenvalue weighted by Crippen LogP contribution is 2.17. The van der Waals surface area contributed by atoms with Crippen LogP contribution in [0.4, 0.5) is 5.13 Å². The van der Waals surface area contributed by atoms with Crippen LogP contribution >= 0.6 is 11.3 Å². The van der Waals surface area contributed by atoms with Crippen LogP contribution in [0.15, 0.2) is 29.6 Å². The number of aryl methyl sites for hydroxylation is 2. The first-order valence-electron chi connectivity index (χ1n) is 7.17. The molecule has 0 aliphatic carbocycles. The van der Waals surface area contributed by atoms with E-state index in [1.165, 1.54) is 5.56 Å². The number of anilines is 1. The lowest BCUT2D eigenvalue weighted by Crippen LogP contribution is -2.31. The van der Waals surface area contributed by atoms with Gasteiger partial charge >= 0.3 is 0 Å². The van der Waals surface area contributed by atoms with E-state index in [2.05, 4.69) is 21.1 Å². The van der Waals surface area contributed by atoms with Gasteiger partial charge in [0.1, 0.15) is 0 Å². The summed E-state index contributed by atoms with van der Waals surface area (Å²) in [6, 6.07) is 8.00. The molecule has 0 radical (unpaired) electrons. The Hall–Kier alpha value is -1.96. The van der Waals surface area contributed by atoms with Crippen LogP contribution in [0.2, 0.25) is 0 Å². The summed E-state index contributed by atoms with van der Waals surface area (Å²) in [4.78, 5) is 15.7.